The Balaban J connectivity index is 1.91. The second-order valence-electron chi connectivity index (χ2n) is 4.17. The molecule has 1 amide bonds. The number of pyridine rings is 1. The number of nitrogens with one attached hydrogen (secondary N) is 1. The van der Waals surface area contributed by atoms with Gasteiger partial charge >= 0.3 is 0 Å². The third-order valence-corrected chi connectivity index (χ3v) is 2.64. The number of hydrazone groups is 1. The van der Waals surface area contributed by atoms with Crippen molar-refractivity contribution in [1.29, 1.82) is 0 Å². The zero-order valence-corrected chi connectivity index (χ0v) is 11.4. The largest absolute Gasteiger partial charge is 0.271 e. The van der Waals surface area contributed by atoms with Crippen LogP contribution in [0, 0.1) is 10.1 Å². The molecule has 7 nitrogen and oxygen atoms in total. The quantitative estimate of drug-likeness (QED) is 0.520. The Kier molecular flexibility index (Phi) is 5.09. The first-order valence-electron chi connectivity index (χ1n) is 6.31. The van der Waals surface area contributed by atoms with Crippen LogP contribution in [0.5, 0.6) is 0 Å². The monoisotopic (exact) mass is 296 g/mol. The molecule has 0 fully saturated rings. The smallest absolute Gasteiger partial charge is 0.267 e. The van der Waals surface area contributed by atoms with E-state index in [9.17, 15) is 14.9 Å². The first-order valence-corrected chi connectivity index (χ1v) is 6.31. The van der Waals surface area contributed by atoms with E-state index in [-0.39, 0.29) is 11.6 Å². The van der Waals surface area contributed by atoms with Gasteiger partial charge in [0, 0.05) is 36.3 Å². The maximum atomic E-state index is 11.6. The van der Waals surface area contributed by atoms with Crippen molar-refractivity contribution in [3.05, 3.63) is 76.1 Å². The van der Waals surface area contributed by atoms with Gasteiger partial charge in [-0.25, -0.2) is 5.43 Å². The minimum atomic E-state index is -0.458. The van der Waals surface area contributed by atoms with Gasteiger partial charge in [0.15, 0.2) is 0 Å². The molecule has 0 saturated heterocycles. The second kappa shape index (κ2) is 7.44. The number of allylic oxidation sites excluding steroid dienone is 1. The summed E-state index contributed by atoms with van der Waals surface area (Å²) in [6.45, 7) is 0. The molecule has 0 unspecified atom stereocenters. The number of nitro benzene ring substituents is 1. The fourth-order valence-corrected chi connectivity index (χ4v) is 1.60. The van der Waals surface area contributed by atoms with Gasteiger partial charge in [0.2, 0.25) is 0 Å². The Morgan fingerprint density at radius 3 is 2.77 bits per heavy atom. The Labute approximate surface area is 126 Å². The predicted molar refractivity (Wildman–Crippen MR) is 82.3 cm³/mol. The van der Waals surface area contributed by atoms with Crippen LogP contribution in [-0.2, 0) is 0 Å². The molecule has 0 spiro atoms. The van der Waals surface area contributed by atoms with E-state index in [4.69, 9.17) is 0 Å². The van der Waals surface area contributed by atoms with Gasteiger partial charge < -0.3 is 0 Å². The van der Waals surface area contributed by atoms with Crippen molar-refractivity contribution in [3.63, 3.8) is 0 Å². The third-order valence-electron chi connectivity index (χ3n) is 2.64. The summed E-state index contributed by atoms with van der Waals surface area (Å²) in [5, 5.41) is 14.4. The fraction of sp³-hybridized carbons (Fsp3) is 0. The molecule has 0 saturated carbocycles. The average Bonchev–Trinajstić information content (AvgIpc) is 2.55. The van der Waals surface area contributed by atoms with Crippen LogP contribution in [0.4, 0.5) is 5.69 Å². The van der Waals surface area contributed by atoms with Crippen molar-refractivity contribution in [1.82, 2.24) is 10.4 Å². The van der Waals surface area contributed by atoms with Crippen LogP contribution in [0.3, 0.4) is 0 Å². The number of hydrogen-bond acceptors (Lipinski definition) is 5. The highest BCUT2D eigenvalue weighted by atomic mass is 16.6. The molecule has 7 heteroatoms. The number of nitro groups is 1. The summed E-state index contributed by atoms with van der Waals surface area (Å²) in [4.78, 5) is 25.6. The van der Waals surface area contributed by atoms with Gasteiger partial charge in [-0.2, -0.15) is 5.10 Å². The van der Waals surface area contributed by atoms with Gasteiger partial charge in [-0.05, 0) is 23.8 Å². The maximum absolute atomic E-state index is 11.6. The van der Waals surface area contributed by atoms with Crippen molar-refractivity contribution in [2.75, 3.05) is 0 Å². The molecular formula is C15H12N4O3. The number of carbonyl (C=O) groups excluding carboxylic acids is 1. The number of rotatable bonds is 5. The van der Waals surface area contributed by atoms with Crippen LogP contribution >= 0.6 is 0 Å². The second-order valence-corrected chi connectivity index (χ2v) is 4.17. The van der Waals surface area contributed by atoms with Crippen molar-refractivity contribution in [2.45, 2.75) is 0 Å². The lowest BCUT2D eigenvalue weighted by Gasteiger charge is -1.97. The highest BCUT2D eigenvalue weighted by molar-refractivity contribution is 5.94. The van der Waals surface area contributed by atoms with E-state index < -0.39 is 4.92 Å². The molecule has 0 bridgehead atoms. The Hall–Kier alpha value is -3.35. The molecule has 110 valence electrons. The number of aromatic nitrogens is 1. The lowest BCUT2D eigenvalue weighted by atomic mass is 10.2. The molecule has 0 radical (unpaired) electrons. The van der Waals surface area contributed by atoms with Gasteiger partial charge in [0.05, 0.1) is 4.92 Å². The number of nitrogens with zero attached hydrogens (tertiary/aromatic N) is 3. The third kappa shape index (κ3) is 4.34. The van der Waals surface area contributed by atoms with Crippen molar-refractivity contribution < 1.29 is 9.72 Å². The molecule has 2 aromatic rings. The number of carbonyl (C=O) groups is 1. The van der Waals surface area contributed by atoms with E-state index in [1.54, 1.807) is 36.4 Å². The highest BCUT2D eigenvalue weighted by Crippen LogP contribution is 2.13. The molecule has 1 aromatic heterocycles. The van der Waals surface area contributed by atoms with E-state index in [1.165, 1.54) is 30.7 Å². The first-order chi connectivity index (χ1) is 10.7. The van der Waals surface area contributed by atoms with Crippen LogP contribution < -0.4 is 5.43 Å². The summed E-state index contributed by atoms with van der Waals surface area (Å²) >= 11 is 0. The molecule has 0 aliphatic heterocycles. The van der Waals surface area contributed by atoms with Crippen molar-refractivity contribution >= 4 is 23.9 Å². The van der Waals surface area contributed by atoms with Crippen LogP contribution in [0.15, 0.2) is 60.0 Å². The minimum absolute atomic E-state index is 0.0186. The van der Waals surface area contributed by atoms with E-state index in [1.807, 2.05) is 0 Å². The molecule has 2 rings (SSSR count). The summed E-state index contributed by atoms with van der Waals surface area (Å²) in [5.41, 5.74) is 3.50. The topological polar surface area (TPSA) is 97.5 Å². The van der Waals surface area contributed by atoms with Crippen LogP contribution in [0.1, 0.15) is 15.9 Å². The molecule has 0 atom stereocenters. The molecule has 0 aliphatic rings. The zero-order chi connectivity index (χ0) is 15.8. The van der Waals surface area contributed by atoms with Crippen molar-refractivity contribution in [2.24, 2.45) is 5.10 Å². The SMILES string of the molecule is O=C(NN=CC=Cc1cccc([N+](=O)[O-])c1)c1ccncc1. The highest BCUT2D eigenvalue weighted by Gasteiger charge is 2.03. The van der Waals surface area contributed by atoms with Gasteiger partial charge in [-0.3, -0.25) is 19.9 Å². The number of non-ortho nitro benzene ring substituents is 1. The molecule has 1 heterocycles. The predicted octanol–water partition coefficient (Wildman–Crippen LogP) is 2.42. The summed E-state index contributed by atoms with van der Waals surface area (Å²) in [6.07, 6.45) is 7.64. The lowest BCUT2D eigenvalue weighted by Crippen LogP contribution is -2.17. The van der Waals surface area contributed by atoms with Crippen molar-refractivity contribution in [3.8, 4) is 0 Å². The normalized spacial score (nSPS) is 10.9. The standard InChI is InChI=1S/C15H12N4O3/c20-15(13-6-9-16-10-7-13)18-17-8-2-4-12-3-1-5-14(11-12)19(21)22/h1-11H,(H,18,20). The summed E-state index contributed by atoms with van der Waals surface area (Å²) in [6, 6.07) is 9.33. The van der Waals surface area contributed by atoms with Crippen LogP contribution in [0.25, 0.3) is 6.08 Å². The summed E-state index contributed by atoms with van der Waals surface area (Å²) < 4.78 is 0. The lowest BCUT2D eigenvalue weighted by molar-refractivity contribution is -0.384. The van der Waals surface area contributed by atoms with E-state index >= 15 is 0 Å². The Bertz CT molecular complexity index is 727. The Morgan fingerprint density at radius 1 is 1.27 bits per heavy atom. The van der Waals surface area contributed by atoms with Crippen LogP contribution in [0.2, 0.25) is 0 Å². The first kappa shape index (κ1) is 15.0. The molecule has 1 N–H and O–H groups in total. The van der Waals surface area contributed by atoms with Crippen LogP contribution in [-0.4, -0.2) is 22.0 Å². The molecule has 0 aliphatic carbocycles. The van der Waals surface area contributed by atoms with Gasteiger partial charge in [0.25, 0.3) is 11.6 Å². The molecular weight excluding hydrogens is 284 g/mol. The maximum Gasteiger partial charge on any atom is 0.271 e. The summed E-state index contributed by atoms with van der Waals surface area (Å²) in [7, 11) is 0. The fourth-order valence-electron chi connectivity index (χ4n) is 1.60. The number of benzene rings is 1. The van der Waals surface area contributed by atoms with E-state index in [0.29, 0.717) is 11.1 Å². The van der Waals surface area contributed by atoms with Gasteiger partial charge in [0.1, 0.15) is 0 Å². The number of amides is 1. The molecule has 22 heavy (non-hydrogen) atoms. The summed E-state index contributed by atoms with van der Waals surface area (Å²) in [5.74, 6) is -0.345. The van der Waals surface area contributed by atoms with E-state index in [2.05, 4.69) is 15.5 Å². The molecule has 1 aromatic carbocycles. The zero-order valence-electron chi connectivity index (χ0n) is 11.4. The average molecular weight is 296 g/mol. The minimum Gasteiger partial charge on any atom is -0.267 e. The van der Waals surface area contributed by atoms with Gasteiger partial charge in [-0.15, -0.1) is 0 Å². The van der Waals surface area contributed by atoms with Gasteiger partial charge in [-0.1, -0.05) is 18.2 Å². The number of hydrogen-bond donors (Lipinski definition) is 1. The Morgan fingerprint density at radius 2 is 2.05 bits per heavy atom. The van der Waals surface area contributed by atoms with E-state index in [0.717, 1.165) is 0 Å².